The number of benzene rings is 1. The molecule has 1 aromatic heterocycles. The SMILES string of the molecule is CCOc1ccc(-c2cnnc(OCC3CCN(C(F)C(F)F)CC3)c2)cc1C1CC1C(=O)O. The minimum atomic E-state index is -3.00. The molecule has 1 aliphatic carbocycles. The fraction of sp³-hybridized carbons (Fsp3) is 0.542. The van der Waals surface area contributed by atoms with Gasteiger partial charge >= 0.3 is 5.97 Å². The highest BCUT2D eigenvalue weighted by Crippen LogP contribution is 2.51. The third-order valence-corrected chi connectivity index (χ3v) is 6.45. The number of likely N-dealkylation sites (tertiary alicyclic amines) is 1. The average molecular weight is 479 g/mol. The normalized spacial score (nSPS) is 21.9. The molecule has 0 amide bonds. The summed E-state index contributed by atoms with van der Waals surface area (Å²) in [5, 5.41) is 17.4. The number of piperidine rings is 1. The molecule has 184 valence electrons. The van der Waals surface area contributed by atoms with E-state index in [0.717, 1.165) is 16.7 Å². The Morgan fingerprint density at radius 3 is 2.59 bits per heavy atom. The van der Waals surface area contributed by atoms with Crippen LogP contribution in [0.4, 0.5) is 13.2 Å². The van der Waals surface area contributed by atoms with Gasteiger partial charge in [0.25, 0.3) is 6.43 Å². The Morgan fingerprint density at radius 1 is 1.18 bits per heavy atom. The first-order valence-electron chi connectivity index (χ1n) is 11.5. The van der Waals surface area contributed by atoms with Gasteiger partial charge in [-0.15, -0.1) is 5.10 Å². The quantitative estimate of drug-likeness (QED) is 0.506. The number of ether oxygens (including phenoxy) is 2. The van der Waals surface area contributed by atoms with Gasteiger partial charge in [-0.2, -0.15) is 5.10 Å². The van der Waals surface area contributed by atoms with Crippen molar-refractivity contribution in [1.29, 1.82) is 0 Å². The summed E-state index contributed by atoms with van der Waals surface area (Å²) in [5.74, 6) is -0.144. The number of rotatable bonds is 10. The summed E-state index contributed by atoms with van der Waals surface area (Å²) in [5.41, 5.74) is 2.49. The zero-order valence-corrected chi connectivity index (χ0v) is 18.9. The first kappa shape index (κ1) is 24.3. The maximum Gasteiger partial charge on any atom is 0.307 e. The molecule has 1 saturated heterocycles. The van der Waals surface area contributed by atoms with Crippen molar-refractivity contribution in [1.82, 2.24) is 15.1 Å². The van der Waals surface area contributed by atoms with Crippen molar-refractivity contribution < 1.29 is 32.5 Å². The van der Waals surface area contributed by atoms with Crippen LogP contribution in [0, 0.1) is 11.8 Å². The van der Waals surface area contributed by atoms with Crippen molar-refractivity contribution in [3.8, 4) is 22.8 Å². The number of carboxylic acids is 1. The summed E-state index contributed by atoms with van der Waals surface area (Å²) in [7, 11) is 0. The van der Waals surface area contributed by atoms with Crippen LogP contribution in [-0.2, 0) is 4.79 Å². The Hall–Kier alpha value is -2.88. The lowest BCUT2D eigenvalue weighted by atomic mass is 9.98. The molecule has 2 fully saturated rings. The summed E-state index contributed by atoms with van der Waals surface area (Å²) < 4.78 is 50.1. The highest BCUT2D eigenvalue weighted by Gasteiger charge is 2.45. The molecule has 3 unspecified atom stereocenters. The number of aliphatic carboxylic acids is 1. The largest absolute Gasteiger partial charge is 0.494 e. The number of hydrogen-bond acceptors (Lipinski definition) is 6. The van der Waals surface area contributed by atoms with Gasteiger partial charge in [0.05, 0.1) is 25.3 Å². The first-order valence-corrected chi connectivity index (χ1v) is 11.5. The zero-order valence-electron chi connectivity index (χ0n) is 18.9. The predicted octanol–water partition coefficient (Wildman–Crippen LogP) is 4.38. The molecule has 0 bridgehead atoms. The summed E-state index contributed by atoms with van der Waals surface area (Å²) in [6.07, 6.45) is -1.89. The molecule has 2 aliphatic rings. The highest BCUT2D eigenvalue weighted by molar-refractivity contribution is 5.76. The lowest BCUT2D eigenvalue weighted by molar-refractivity contribution is -0.138. The lowest BCUT2D eigenvalue weighted by Gasteiger charge is -2.33. The van der Waals surface area contributed by atoms with Gasteiger partial charge < -0.3 is 14.6 Å². The Labute approximate surface area is 195 Å². The van der Waals surface area contributed by atoms with Crippen LogP contribution in [0.3, 0.4) is 0 Å². The minimum absolute atomic E-state index is 0.0793. The predicted molar refractivity (Wildman–Crippen MR) is 118 cm³/mol. The van der Waals surface area contributed by atoms with E-state index in [-0.39, 0.29) is 24.9 Å². The molecule has 1 aromatic carbocycles. The number of hydrogen-bond donors (Lipinski definition) is 1. The van der Waals surface area contributed by atoms with Crippen LogP contribution in [0.5, 0.6) is 11.6 Å². The topological polar surface area (TPSA) is 84.8 Å². The molecule has 0 radical (unpaired) electrons. The third-order valence-electron chi connectivity index (χ3n) is 6.45. The van der Waals surface area contributed by atoms with E-state index in [1.807, 2.05) is 25.1 Å². The number of alkyl halides is 3. The van der Waals surface area contributed by atoms with Crippen LogP contribution in [-0.4, -0.2) is 65.2 Å². The molecule has 2 aromatic rings. The summed E-state index contributed by atoms with van der Waals surface area (Å²) in [6.45, 7) is 3.23. The molecule has 4 rings (SSSR count). The number of carboxylic acid groups (broad SMARTS) is 1. The summed E-state index contributed by atoms with van der Waals surface area (Å²) >= 11 is 0. The van der Waals surface area contributed by atoms with Crippen molar-refractivity contribution in [2.24, 2.45) is 11.8 Å². The molecule has 3 atom stereocenters. The van der Waals surface area contributed by atoms with Crippen LogP contribution >= 0.6 is 0 Å². The Bertz CT molecular complexity index is 1000. The van der Waals surface area contributed by atoms with Crippen LogP contribution in [0.25, 0.3) is 11.1 Å². The second-order valence-corrected chi connectivity index (χ2v) is 8.75. The van der Waals surface area contributed by atoms with Crippen molar-refractivity contribution in [2.45, 2.75) is 44.8 Å². The van der Waals surface area contributed by atoms with E-state index in [2.05, 4.69) is 10.2 Å². The van der Waals surface area contributed by atoms with Gasteiger partial charge in [-0.1, -0.05) is 6.07 Å². The fourth-order valence-electron chi connectivity index (χ4n) is 4.42. The third kappa shape index (κ3) is 5.60. The van der Waals surface area contributed by atoms with E-state index >= 15 is 0 Å². The number of aromatic nitrogens is 2. The maximum absolute atomic E-state index is 13.5. The zero-order chi connectivity index (χ0) is 24.2. The van der Waals surface area contributed by atoms with Crippen molar-refractivity contribution in [3.05, 3.63) is 36.0 Å². The molecule has 34 heavy (non-hydrogen) atoms. The van der Waals surface area contributed by atoms with Gasteiger partial charge in [-0.25, -0.2) is 13.2 Å². The van der Waals surface area contributed by atoms with E-state index in [1.54, 1.807) is 12.3 Å². The van der Waals surface area contributed by atoms with Gasteiger partial charge in [0.2, 0.25) is 12.2 Å². The second kappa shape index (κ2) is 10.6. The van der Waals surface area contributed by atoms with Crippen molar-refractivity contribution in [2.75, 3.05) is 26.3 Å². The molecular formula is C24H28F3N3O4. The monoisotopic (exact) mass is 479 g/mol. The molecule has 7 nitrogen and oxygen atoms in total. The van der Waals surface area contributed by atoms with E-state index in [1.165, 1.54) is 4.90 Å². The fourth-order valence-corrected chi connectivity index (χ4v) is 4.42. The number of carbonyl (C=O) groups is 1. The second-order valence-electron chi connectivity index (χ2n) is 8.75. The number of halogens is 3. The Kier molecular flexibility index (Phi) is 7.55. The van der Waals surface area contributed by atoms with E-state index < -0.39 is 24.6 Å². The maximum atomic E-state index is 13.5. The molecular weight excluding hydrogens is 451 g/mol. The molecule has 2 heterocycles. The van der Waals surface area contributed by atoms with Crippen molar-refractivity contribution in [3.63, 3.8) is 0 Å². The van der Waals surface area contributed by atoms with Gasteiger partial charge in [-0.3, -0.25) is 9.69 Å². The van der Waals surface area contributed by atoms with Crippen LogP contribution in [0.2, 0.25) is 0 Å². The molecule has 1 saturated carbocycles. The summed E-state index contributed by atoms with van der Waals surface area (Å²) in [4.78, 5) is 12.5. The van der Waals surface area contributed by atoms with Gasteiger partial charge in [-0.05, 0) is 55.4 Å². The van der Waals surface area contributed by atoms with Crippen LogP contribution in [0.1, 0.15) is 37.7 Å². The number of nitrogens with zero attached hydrogens (tertiary/aromatic N) is 3. The minimum Gasteiger partial charge on any atom is -0.494 e. The van der Waals surface area contributed by atoms with Crippen molar-refractivity contribution >= 4 is 5.97 Å². The lowest BCUT2D eigenvalue weighted by Crippen LogP contribution is -2.43. The standard InChI is InChI=1S/C24H28F3N3O4/c1-2-33-20-4-3-15(9-18(20)17-11-19(17)24(31)32)16-10-21(29-28-12-16)34-13-14-5-7-30(8-6-14)23(27)22(25)26/h3-4,9-10,12,14,17,19,22-23H,2,5-8,11,13H2,1H3,(H,31,32). The van der Waals surface area contributed by atoms with Gasteiger partial charge in [0.1, 0.15) is 5.75 Å². The highest BCUT2D eigenvalue weighted by atomic mass is 19.3. The molecule has 10 heteroatoms. The molecule has 1 N–H and O–H groups in total. The van der Waals surface area contributed by atoms with Crippen LogP contribution in [0.15, 0.2) is 30.5 Å². The van der Waals surface area contributed by atoms with E-state index in [9.17, 15) is 23.1 Å². The average Bonchev–Trinajstić information content (AvgIpc) is 3.64. The smallest absolute Gasteiger partial charge is 0.307 e. The van der Waals surface area contributed by atoms with Crippen LogP contribution < -0.4 is 9.47 Å². The first-order chi connectivity index (χ1) is 16.4. The Morgan fingerprint density at radius 2 is 1.94 bits per heavy atom. The summed E-state index contributed by atoms with van der Waals surface area (Å²) in [6, 6.07) is 7.43. The molecule has 1 aliphatic heterocycles. The molecule has 0 spiro atoms. The van der Waals surface area contributed by atoms with E-state index in [0.29, 0.717) is 44.1 Å². The van der Waals surface area contributed by atoms with Gasteiger partial charge in [0.15, 0.2) is 0 Å². The van der Waals surface area contributed by atoms with Gasteiger partial charge in [0, 0.05) is 30.6 Å². The van der Waals surface area contributed by atoms with E-state index in [4.69, 9.17) is 9.47 Å². The Balaban J connectivity index is 1.40.